The molecule has 0 spiro atoms. The van der Waals surface area contributed by atoms with Gasteiger partial charge >= 0.3 is 0 Å². The molecule has 2 aromatic rings. The monoisotopic (exact) mass is 337 g/mol. The summed E-state index contributed by atoms with van der Waals surface area (Å²) in [6.07, 6.45) is 7.28. The molecule has 1 atom stereocenters. The Morgan fingerprint density at radius 1 is 1.20 bits per heavy atom. The van der Waals surface area contributed by atoms with E-state index in [1.165, 1.54) is 17.5 Å². The van der Waals surface area contributed by atoms with Gasteiger partial charge in [-0.25, -0.2) is 9.97 Å². The number of aryl methyl sites for hydroxylation is 2. The fourth-order valence-electron chi connectivity index (χ4n) is 3.64. The van der Waals surface area contributed by atoms with Gasteiger partial charge in [0.05, 0.1) is 18.8 Å². The van der Waals surface area contributed by atoms with Crippen molar-refractivity contribution in [1.82, 2.24) is 15.3 Å². The topological polar surface area (TPSA) is 64.1 Å². The number of nitrogens with one attached hydrogen (secondary N) is 1. The Bertz CT molecular complexity index is 769. The Balaban J connectivity index is 1.40. The zero-order chi connectivity index (χ0) is 17.1. The molecular weight excluding hydrogens is 314 g/mol. The number of aromatic nitrogens is 2. The summed E-state index contributed by atoms with van der Waals surface area (Å²) in [6, 6.07) is 7.89. The fourth-order valence-corrected chi connectivity index (χ4v) is 3.64. The van der Waals surface area contributed by atoms with Crippen molar-refractivity contribution >= 4 is 5.91 Å². The third-order valence-electron chi connectivity index (χ3n) is 5.05. The molecule has 1 aromatic carbocycles. The van der Waals surface area contributed by atoms with Gasteiger partial charge in [-0.3, -0.25) is 4.79 Å². The molecule has 5 heteroatoms. The maximum atomic E-state index is 12.4. The van der Waals surface area contributed by atoms with Crippen LogP contribution in [0.2, 0.25) is 0 Å². The summed E-state index contributed by atoms with van der Waals surface area (Å²) in [6.45, 7) is 1.93. The molecule has 2 aliphatic rings. The molecule has 1 aliphatic carbocycles. The lowest BCUT2D eigenvalue weighted by Gasteiger charge is -2.20. The molecule has 1 amide bonds. The Morgan fingerprint density at radius 2 is 2.12 bits per heavy atom. The van der Waals surface area contributed by atoms with Crippen LogP contribution in [0.4, 0.5) is 0 Å². The highest BCUT2D eigenvalue weighted by Crippen LogP contribution is 2.23. The number of carbonyl (C=O) groups excluding carboxylic acids is 1. The van der Waals surface area contributed by atoms with Gasteiger partial charge < -0.3 is 10.1 Å². The molecule has 0 radical (unpaired) electrons. The number of fused-ring (bicyclic) bond motifs is 1. The van der Waals surface area contributed by atoms with Crippen LogP contribution in [0.5, 0.6) is 0 Å². The number of rotatable bonds is 4. The lowest BCUT2D eigenvalue weighted by Crippen LogP contribution is -2.24. The van der Waals surface area contributed by atoms with Crippen molar-refractivity contribution in [2.45, 2.75) is 44.6 Å². The van der Waals surface area contributed by atoms with Crippen molar-refractivity contribution in [2.75, 3.05) is 13.2 Å². The molecule has 1 N–H and O–H groups in total. The summed E-state index contributed by atoms with van der Waals surface area (Å²) in [5.74, 6) is 1.04. The number of nitrogens with zero attached hydrogens (tertiary/aromatic N) is 2. The third-order valence-corrected chi connectivity index (χ3v) is 5.05. The first-order valence-corrected chi connectivity index (χ1v) is 9.09. The molecule has 1 aliphatic heterocycles. The number of benzene rings is 1. The van der Waals surface area contributed by atoms with Crippen LogP contribution < -0.4 is 5.32 Å². The third kappa shape index (κ3) is 3.71. The lowest BCUT2D eigenvalue weighted by molar-refractivity contribution is 0.0779. The van der Waals surface area contributed by atoms with Crippen LogP contribution in [0.25, 0.3) is 0 Å². The van der Waals surface area contributed by atoms with Crippen molar-refractivity contribution < 1.29 is 9.53 Å². The zero-order valence-electron chi connectivity index (χ0n) is 14.3. The van der Waals surface area contributed by atoms with Gasteiger partial charge in [-0.2, -0.15) is 0 Å². The van der Waals surface area contributed by atoms with E-state index < -0.39 is 0 Å². The minimum Gasteiger partial charge on any atom is -0.381 e. The highest BCUT2D eigenvalue weighted by atomic mass is 16.5. The molecule has 1 saturated heterocycles. The number of hydrogen-bond donors (Lipinski definition) is 1. The number of amides is 1. The summed E-state index contributed by atoms with van der Waals surface area (Å²) >= 11 is 0. The number of ether oxygens (including phenoxy) is 1. The first kappa shape index (κ1) is 16.2. The van der Waals surface area contributed by atoms with Crippen LogP contribution in [0.15, 0.2) is 30.5 Å². The number of hydrogen-bond acceptors (Lipinski definition) is 4. The molecular formula is C20H23N3O2. The van der Waals surface area contributed by atoms with E-state index in [2.05, 4.69) is 21.4 Å². The van der Waals surface area contributed by atoms with E-state index in [9.17, 15) is 4.79 Å². The normalized spacial score (nSPS) is 19.4. The Morgan fingerprint density at radius 3 is 3.00 bits per heavy atom. The molecule has 130 valence electrons. The van der Waals surface area contributed by atoms with E-state index in [-0.39, 0.29) is 11.8 Å². The van der Waals surface area contributed by atoms with E-state index in [4.69, 9.17) is 4.74 Å². The molecule has 4 rings (SSSR count). The van der Waals surface area contributed by atoms with Crippen LogP contribution >= 0.6 is 0 Å². The molecule has 1 unspecified atom stereocenters. The Labute approximate surface area is 147 Å². The first-order valence-electron chi connectivity index (χ1n) is 9.09. The van der Waals surface area contributed by atoms with Crippen LogP contribution in [0, 0.1) is 0 Å². The molecule has 1 fully saturated rings. The van der Waals surface area contributed by atoms with E-state index in [1.807, 2.05) is 18.2 Å². The van der Waals surface area contributed by atoms with Gasteiger partial charge in [-0.05, 0) is 61.4 Å². The fraction of sp³-hybridized carbons (Fsp3) is 0.450. The van der Waals surface area contributed by atoms with Crippen LogP contribution in [-0.4, -0.2) is 29.1 Å². The van der Waals surface area contributed by atoms with Crippen molar-refractivity contribution in [3.8, 4) is 0 Å². The van der Waals surface area contributed by atoms with Gasteiger partial charge in [0.25, 0.3) is 5.91 Å². The van der Waals surface area contributed by atoms with Crippen LogP contribution in [0.3, 0.4) is 0 Å². The summed E-state index contributed by atoms with van der Waals surface area (Å²) in [7, 11) is 0. The lowest BCUT2D eigenvalue weighted by atomic mass is 10.0. The summed E-state index contributed by atoms with van der Waals surface area (Å²) in [5, 5.41) is 2.98. The largest absolute Gasteiger partial charge is 0.381 e. The summed E-state index contributed by atoms with van der Waals surface area (Å²) in [5.41, 5.74) is 4.27. The van der Waals surface area contributed by atoms with Crippen molar-refractivity contribution in [3.63, 3.8) is 0 Å². The minimum absolute atomic E-state index is 0.0455. The van der Waals surface area contributed by atoms with Crippen LogP contribution in [0.1, 0.15) is 58.2 Å². The molecule has 25 heavy (non-hydrogen) atoms. The molecule has 2 heterocycles. The molecule has 0 bridgehead atoms. The second-order valence-corrected chi connectivity index (χ2v) is 6.84. The second-order valence-electron chi connectivity index (χ2n) is 6.84. The smallest absolute Gasteiger partial charge is 0.251 e. The predicted octanol–water partition coefficient (Wildman–Crippen LogP) is 2.79. The summed E-state index contributed by atoms with van der Waals surface area (Å²) < 4.78 is 5.52. The van der Waals surface area contributed by atoms with Crippen molar-refractivity contribution in [1.29, 1.82) is 0 Å². The molecule has 1 aromatic heterocycles. The SMILES string of the molecule is O=C(NCc1ccnc(C2CCCOC2)n1)c1ccc2c(c1)CCC2. The van der Waals surface area contributed by atoms with Gasteiger partial charge in [0.15, 0.2) is 0 Å². The minimum atomic E-state index is -0.0455. The quantitative estimate of drug-likeness (QED) is 0.932. The van der Waals surface area contributed by atoms with E-state index in [0.717, 1.165) is 49.4 Å². The number of carbonyl (C=O) groups is 1. The standard InChI is InChI=1S/C20H23N3O2/c24-20(16-7-6-14-3-1-4-15(14)11-16)22-12-18-8-9-21-19(23-18)17-5-2-10-25-13-17/h6-9,11,17H,1-5,10,12-13H2,(H,22,24). The second kappa shape index (κ2) is 7.31. The highest BCUT2D eigenvalue weighted by molar-refractivity contribution is 5.94. The van der Waals surface area contributed by atoms with Crippen molar-refractivity contribution in [3.05, 3.63) is 58.7 Å². The maximum absolute atomic E-state index is 12.4. The first-order chi connectivity index (χ1) is 12.3. The molecule has 5 nitrogen and oxygen atoms in total. The molecule has 0 saturated carbocycles. The highest BCUT2D eigenvalue weighted by Gasteiger charge is 2.19. The van der Waals surface area contributed by atoms with Gasteiger partial charge in [0, 0.05) is 24.3 Å². The van der Waals surface area contributed by atoms with E-state index >= 15 is 0 Å². The Hall–Kier alpha value is -2.27. The van der Waals surface area contributed by atoms with E-state index in [0.29, 0.717) is 13.2 Å². The Kier molecular flexibility index (Phi) is 4.74. The maximum Gasteiger partial charge on any atom is 0.251 e. The summed E-state index contributed by atoms with van der Waals surface area (Å²) in [4.78, 5) is 21.4. The average molecular weight is 337 g/mol. The van der Waals surface area contributed by atoms with E-state index in [1.54, 1.807) is 6.20 Å². The average Bonchev–Trinajstić information content (AvgIpc) is 3.15. The van der Waals surface area contributed by atoms with Gasteiger partial charge in [0.2, 0.25) is 0 Å². The predicted molar refractivity (Wildman–Crippen MR) is 94.5 cm³/mol. The van der Waals surface area contributed by atoms with Crippen molar-refractivity contribution in [2.24, 2.45) is 0 Å². The van der Waals surface area contributed by atoms with Crippen LogP contribution in [-0.2, 0) is 24.1 Å². The van der Waals surface area contributed by atoms with Gasteiger partial charge in [-0.15, -0.1) is 0 Å². The van der Waals surface area contributed by atoms with Gasteiger partial charge in [-0.1, -0.05) is 6.07 Å². The zero-order valence-corrected chi connectivity index (χ0v) is 14.3. The van der Waals surface area contributed by atoms with Gasteiger partial charge in [0.1, 0.15) is 5.82 Å².